The van der Waals surface area contributed by atoms with E-state index in [0.717, 1.165) is 24.5 Å². The van der Waals surface area contributed by atoms with E-state index >= 15 is 0 Å². The smallest absolute Gasteiger partial charge is 0.159 e. The number of hydrogen-bond donors (Lipinski definition) is 1. The molecule has 0 aliphatic carbocycles. The molecule has 1 N–H and O–H groups in total. The predicted octanol–water partition coefficient (Wildman–Crippen LogP) is 3.31. The maximum absolute atomic E-state index is 13.1. The lowest BCUT2D eigenvalue weighted by molar-refractivity contribution is 0.120. The average molecular weight is 253 g/mol. The Balaban J connectivity index is 1.88. The van der Waals surface area contributed by atoms with E-state index in [2.05, 4.69) is 5.32 Å². The predicted molar refractivity (Wildman–Crippen MR) is 66.0 cm³/mol. The van der Waals surface area contributed by atoms with Crippen LogP contribution >= 0.6 is 0 Å². The summed E-state index contributed by atoms with van der Waals surface area (Å²) in [5, 5.41) is 3.27. The summed E-state index contributed by atoms with van der Waals surface area (Å²) < 4.78 is 31.3. The second kappa shape index (κ2) is 5.96. The van der Waals surface area contributed by atoms with Crippen LogP contribution in [0.1, 0.15) is 31.4 Å². The summed E-state index contributed by atoms with van der Waals surface area (Å²) in [6.07, 6.45) is 5.87. The van der Waals surface area contributed by atoms with Crippen molar-refractivity contribution in [2.75, 3.05) is 6.54 Å². The van der Waals surface area contributed by atoms with Crippen molar-refractivity contribution in [3.05, 3.63) is 47.7 Å². The van der Waals surface area contributed by atoms with Crippen molar-refractivity contribution in [1.29, 1.82) is 0 Å². The molecule has 0 spiro atoms. The molecule has 1 aromatic carbocycles. The van der Waals surface area contributed by atoms with Crippen molar-refractivity contribution in [2.45, 2.75) is 31.9 Å². The van der Waals surface area contributed by atoms with Gasteiger partial charge < -0.3 is 10.1 Å². The molecule has 4 heteroatoms. The normalized spacial score (nSPS) is 20.5. The molecule has 18 heavy (non-hydrogen) atoms. The van der Waals surface area contributed by atoms with E-state index in [4.69, 9.17) is 4.74 Å². The minimum absolute atomic E-state index is 0.0328. The fourth-order valence-corrected chi connectivity index (χ4v) is 1.94. The number of nitrogens with one attached hydrogen (secondary N) is 1. The van der Waals surface area contributed by atoms with Gasteiger partial charge in [0.15, 0.2) is 11.6 Å². The molecule has 0 radical (unpaired) electrons. The summed E-state index contributed by atoms with van der Waals surface area (Å²) in [5.74, 6) is -1.62. The lowest BCUT2D eigenvalue weighted by Gasteiger charge is -2.22. The van der Waals surface area contributed by atoms with Crippen LogP contribution in [0.4, 0.5) is 8.78 Å². The lowest BCUT2D eigenvalue weighted by Crippen LogP contribution is -2.31. The molecular formula is C14H17F2NO. The minimum Gasteiger partial charge on any atom is -0.497 e. The van der Waals surface area contributed by atoms with Gasteiger partial charge in [0.05, 0.1) is 6.26 Å². The van der Waals surface area contributed by atoms with Crippen LogP contribution in [0.15, 0.2) is 30.5 Å². The van der Waals surface area contributed by atoms with E-state index in [0.29, 0.717) is 6.54 Å². The van der Waals surface area contributed by atoms with Crippen LogP contribution in [-0.2, 0) is 4.74 Å². The first-order chi connectivity index (χ1) is 8.66. The van der Waals surface area contributed by atoms with Gasteiger partial charge in [0.1, 0.15) is 6.10 Å². The van der Waals surface area contributed by atoms with Gasteiger partial charge in [0, 0.05) is 12.6 Å². The van der Waals surface area contributed by atoms with Gasteiger partial charge in [0.2, 0.25) is 0 Å². The Morgan fingerprint density at radius 3 is 2.89 bits per heavy atom. The topological polar surface area (TPSA) is 21.3 Å². The van der Waals surface area contributed by atoms with Gasteiger partial charge in [0.25, 0.3) is 0 Å². The highest BCUT2D eigenvalue weighted by Gasteiger charge is 2.14. The van der Waals surface area contributed by atoms with Gasteiger partial charge in [-0.25, -0.2) is 8.78 Å². The second-order valence-corrected chi connectivity index (χ2v) is 4.51. The zero-order valence-electron chi connectivity index (χ0n) is 10.3. The van der Waals surface area contributed by atoms with Crippen LogP contribution in [0.2, 0.25) is 0 Å². The molecule has 1 heterocycles. The molecule has 0 bridgehead atoms. The fraction of sp³-hybridized carbons (Fsp3) is 0.429. The Labute approximate surface area is 106 Å². The SMILES string of the molecule is CC(NCC1CCC=CO1)c1ccc(F)c(F)c1. The number of rotatable bonds is 4. The van der Waals surface area contributed by atoms with Crippen molar-refractivity contribution in [1.82, 2.24) is 5.32 Å². The summed E-state index contributed by atoms with van der Waals surface area (Å²) in [4.78, 5) is 0. The lowest BCUT2D eigenvalue weighted by atomic mass is 10.1. The van der Waals surface area contributed by atoms with Crippen LogP contribution in [0, 0.1) is 11.6 Å². The highest BCUT2D eigenvalue weighted by Crippen LogP contribution is 2.17. The van der Waals surface area contributed by atoms with Gasteiger partial charge in [-0.05, 0) is 43.5 Å². The molecule has 2 unspecified atom stereocenters. The summed E-state index contributed by atoms with van der Waals surface area (Å²) in [6, 6.07) is 3.95. The molecule has 0 amide bonds. The van der Waals surface area contributed by atoms with Crippen LogP contribution in [-0.4, -0.2) is 12.6 Å². The molecule has 0 aromatic heterocycles. The maximum atomic E-state index is 13.1. The molecule has 98 valence electrons. The molecule has 2 rings (SSSR count). The number of benzene rings is 1. The second-order valence-electron chi connectivity index (χ2n) is 4.51. The standard InChI is InChI=1S/C14H17F2NO/c1-10(11-5-6-13(15)14(16)8-11)17-9-12-4-2-3-7-18-12/h3,5-8,10,12,17H,2,4,9H2,1H3. The van der Waals surface area contributed by atoms with Gasteiger partial charge >= 0.3 is 0 Å². The van der Waals surface area contributed by atoms with Crippen molar-refractivity contribution < 1.29 is 13.5 Å². The van der Waals surface area contributed by atoms with E-state index in [1.165, 1.54) is 6.07 Å². The van der Waals surface area contributed by atoms with E-state index in [9.17, 15) is 8.78 Å². The van der Waals surface area contributed by atoms with Gasteiger partial charge in [-0.2, -0.15) is 0 Å². The first-order valence-corrected chi connectivity index (χ1v) is 6.15. The average Bonchev–Trinajstić information content (AvgIpc) is 2.40. The van der Waals surface area contributed by atoms with Crippen molar-refractivity contribution in [3.8, 4) is 0 Å². The molecule has 1 aliphatic rings. The number of ether oxygens (including phenoxy) is 1. The number of hydrogen-bond acceptors (Lipinski definition) is 2. The molecule has 0 saturated heterocycles. The summed E-state index contributed by atoms with van der Waals surface area (Å²) in [6.45, 7) is 2.62. The van der Waals surface area contributed by atoms with Crippen molar-refractivity contribution in [3.63, 3.8) is 0 Å². The molecular weight excluding hydrogens is 236 g/mol. The Hall–Kier alpha value is -1.42. The quantitative estimate of drug-likeness (QED) is 0.889. The van der Waals surface area contributed by atoms with Gasteiger partial charge in [-0.3, -0.25) is 0 Å². The van der Waals surface area contributed by atoms with E-state index < -0.39 is 11.6 Å². The molecule has 2 atom stereocenters. The highest BCUT2D eigenvalue weighted by atomic mass is 19.2. The van der Waals surface area contributed by atoms with Crippen LogP contribution in [0.25, 0.3) is 0 Å². The maximum Gasteiger partial charge on any atom is 0.159 e. The van der Waals surface area contributed by atoms with E-state index in [1.807, 2.05) is 13.0 Å². The number of halogens is 2. The highest BCUT2D eigenvalue weighted by molar-refractivity contribution is 5.20. The largest absolute Gasteiger partial charge is 0.497 e. The van der Waals surface area contributed by atoms with Crippen molar-refractivity contribution >= 4 is 0 Å². The Bertz CT molecular complexity index is 434. The minimum atomic E-state index is -0.813. The molecule has 1 aromatic rings. The van der Waals surface area contributed by atoms with E-state index in [1.54, 1.807) is 12.3 Å². The first kappa shape index (κ1) is 13.0. The van der Waals surface area contributed by atoms with Crippen LogP contribution in [0.5, 0.6) is 0 Å². The molecule has 2 nitrogen and oxygen atoms in total. The fourth-order valence-electron chi connectivity index (χ4n) is 1.94. The third-order valence-electron chi connectivity index (χ3n) is 3.12. The molecule has 0 saturated carbocycles. The summed E-state index contributed by atoms with van der Waals surface area (Å²) >= 11 is 0. The third kappa shape index (κ3) is 3.29. The van der Waals surface area contributed by atoms with Crippen molar-refractivity contribution in [2.24, 2.45) is 0 Å². The van der Waals surface area contributed by atoms with Crippen LogP contribution < -0.4 is 5.32 Å². The Morgan fingerprint density at radius 2 is 2.22 bits per heavy atom. The van der Waals surface area contributed by atoms with Gasteiger partial charge in [-0.1, -0.05) is 6.07 Å². The third-order valence-corrected chi connectivity index (χ3v) is 3.12. The number of allylic oxidation sites excluding steroid dienone is 1. The molecule has 1 aliphatic heterocycles. The zero-order valence-corrected chi connectivity index (χ0v) is 10.3. The zero-order chi connectivity index (χ0) is 13.0. The summed E-state index contributed by atoms with van der Waals surface area (Å²) in [7, 11) is 0. The Morgan fingerprint density at radius 1 is 1.39 bits per heavy atom. The first-order valence-electron chi connectivity index (χ1n) is 6.15. The van der Waals surface area contributed by atoms with E-state index in [-0.39, 0.29) is 12.1 Å². The van der Waals surface area contributed by atoms with Gasteiger partial charge in [-0.15, -0.1) is 0 Å². The summed E-state index contributed by atoms with van der Waals surface area (Å²) in [5.41, 5.74) is 0.736. The Kier molecular flexibility index (Phi) is 4.31. The molecule has 0 fully saturated rings. The monoisotopic (exact) mass is 253 g/mol. The van der Waals surface area contributed by atoms with Crippen LogP contribution in [0.3, 0.4) is 0 Å².